The van der Waals surface area contributed by atoms with Crippen molar-refractivity contribution < 1.29 is 27.9 Å². The van der Waals surface area contributed by atoms with Crippen molar-refractivity contribution >= 4 is 11.9 Å². The van der Waals surface area contributed by atoms with Gasteiger partial charge in [-0.3, -0.25) is 4.79 Å². The normalized spacial score (nSPS) is 13.1. The Balaban J connectivity index is 4.16. The summed E-state index contributed by atoms with van der Waals surface area (Å²) in [5.74, 6) is -3.39. The molecule has 0 aromatic rings. The fourth-order valence-electron chi connectivity index (χ4n) is 0.814. The SMILES string of the molecule is C=C(C[C@H](C)NC(=O)C(F)(F)F)C(=O)O. The standard InChI is InChI=1S/C8H10F3NO3/c1-4(6(13)14)3-5(2)12-7(15)8(9,10)11/h5H,1,3H2,2H3,(H,12,15)(H,13,14)/t5-/m0/s1. The number of hydrogen-bond acceptors (Lipinski definition) is 2. The number of alkyl halides is 3. The first-order valence-corrected chi connectivity index (χ1v) is 3.93. The number of carboxylic acids is 1. The van der Waals surface area contributed by atoms with Crippen LogP contribution in [0.1, 0.15) is 13.3 Å². The number of halogens is 3. The van der Waals surface area contributed by atoms with E-state index in [1.54, 1.807) is 5.32 Å². The van der Waals surface area contributed by atoms with Crippen molar-refractivity contribution in [3.63, 3.8) is 0 Å². The Bertz CT molecular complexity index is 285. The van der Waals surface area contributed by atoms with Gasteiger partial charge in [-0.1, -0.05) is 6.58 Å². The lowest BCUT2D eigenvalue weighted by Gasteiger charge is -2.14. The third-order valence-electron chi connectivity index (χ3n) is 1.49. The molecule has 0 heterocycles. The molecular formula is C8H10F3NO3. The maximum atomic E-state index is 11.8. The maximum Gasteiger partial charge on any atom is 0.471 e. The molecule has 1 amide bonds. The Kier molecular flexibility index (Phi) is 4.32. The molecule has 0 aliphatic heterocycles. The summed E-state index contributed by atoms with van der Waals surface area (Å²) >= 11 is 0. The summed E-state index contributed by atoms with van der Waals surface area (Å²) < 4.78 is 35.3. The van der Waals surface area contributed by atoms with Gasteiger partial charge in [-0.15, -0.1) is 0 Å². The van der Waals surface area contributed by atoms with Crippen LogP contribution in [0.2, 0.25) is 0 Å². The second-order valence-corrected chi connectivity index (χ2v) is 2.99. The van der Waals surface area contributed by atoms with E-state index >= 15 is 0 Å². The molecule has 0 aromatic carbocycles. The molecule has 1 atom stereocenters. The zero-order valence-corrected chi connectivity index (χ0v) is 7.89. The van der Waals surface area contributed by atoms with E-state index in [1.807, 2.05) is 0 Å². The molecule has 0 fully saturated rings. The zero-order chi connectivity index (χ0) is 12.2. The summed E-state index contributed by atoms with van der Waals surface area (Å²) in [7, 11) is 0. The number of nitrogens with one attached hydrogen (secondary N) is 1. The lowest BCUT2D eigenvalue weighted by molar-refractivity contribution is -0.174. The summed E-state index contributed by atoms with van der Waals surface area (Å²) in [6.45, 7) is 4.39. The van der Waals surface area contributed by atoms with Crippen LogP contribution in [-0.4, -0.2) is 29.2 Å². The number of rotatable bonds is 4. The number of amides is 1. The average molecular weight is 225 g/mol. The highest BCUT2D eigenvalue weighted by Crippen LogP contribution is 2.15. The van der Waals surface area contributed by atoms with E-state index < -0.39 is 24.1 Å². The van der Waals surface area contributed by atoms with E-state index in [0.717, 1.165) is 0 Å². The van der Waals surface area contributed by atoms with Gasteiger partial charge in [0.05, 0.1) is 0 Å². The lowest BCUT2D eigenvalue weighted by Crippen LogP contribution is -2.42. The van der Waals surface area contributed by atoms with E-state index in [0.29, 0.717) is 0 Å². The first kappa shape index (κ1) is 13.5. The zero-order valence-electron chi connectivity index (χ0n) is 7.89. The van der Waals surface area contributed by atoms with Gasteiger partial charge >= 0.3 is 18.1 Å². The molecule has 7 heteroatoms. The largest absolute Gasteiger partial charge is 0.478 e. The first-order chi connectivity index (χ1) is 6.64. The van der Waals surface area contributed by atoms with Gasteiger partial charge in [0, 0.05) is 11.6 Å². The van der Waals surface area contributed by atoms with Gasteiger partial charge in [0.2, 0.25) is 0 Å². The Hall–Kier alpha value is -1.53. The number of aliphatic carboxylic acids is 1. The lowest BCUT2D eigenvalue weighted by atomic mass is 10.1. The fourth-order valence-corrected chi connectivity index (χ4v) is 0.814. The molecule has 4 nitrogen and oxygen atoms in total. The molecular weight excluding hydrogens is 215 g/mol. The van der Waals surface area contributed by atoms with Crippen molar-refractivity contribution in [1.29, 1.82) is 0 Å². The van der Waals surface area contributed by atoms with E-state index in [-0.39, 0.29) is 12.0 Å². The van der Waals surface area contributed by atoms with E-state index in [9.17, 15) is 22.8 Å². The van der Waals surface area contributed by atoms with Crippen LogP contribution in [0.25, 0.3) is 0 Å². The molecule has 0 spiro atoms. The van der Waals surface area contributed by atoms with Gasteiger partial charge in [-0.05, 0) is 13.3 Å². The van der Waals surface area contributed by atoms with Crippen LogP contribution in [0.3, 0.4) is 0 Å². The summed E-state index contributed by atoms with van der Waals surface area (Å²) in [5.41, 5.74) is -0.259. The highest BCUT2D eigenvalue weighted by molar-refractivity contribution is 5.86. The second-order valence-electron chi connectivity index (χ2n) is 2.99. The van der Waals surface area contributed by atoms with Crippen molar-refractivity contribution in [2.75, 3.05) is 0 Å². The predicted molar refractivity (Wildman–Crippen MR) is 45.1 cm³/mol. The molecule has 15 heavy (non-hydrogen) atoms. The van der Waals surface area contributed by atoms with Gasteiger partial charge in [0.1, 0.15) is 0 Å². The minimum Gasteiger partial charge on any atom is -0.478 e. The minimum atomic E-state index is -4.96. The molecule has 0 aliphatic carbocycles. The molecule has 0 rings (SSSR count). The second kappa shape index (κ2) is 4.81. The Labute approximate surface area is 83.8 Å². The smallest absolute Gasteiger partial charge is 0.471 e. The van der Waals surface area contributed by atoms with Crippen LogP contribution < -0.4 is 5.32 Å². The van der Waals surface area contributed by atoms with Gasteiger partial charge in [0.15, 0.2) is 0 Å². The number of carbonyl (C=O) groups is 2. The monoisotopic (exact) mass is 225 g/mol. The van der Waals surface area contributed by atoms with Gasteiger partial charge < -0.3 is 10.4 Å². The topological polar surface area (TPSA) is 66.4 Å². The Morgan fingerprint density at radius 2 is 1.93 bits per heavy atom. The highest BCUT2D eigenvalue weighted by atomic mass is 19.4. The van der Waals surface area contributed by atoms with Gasteiger partial charge in [0.25, 0.3) is 0 Å². The van der Waals surface area contributed by atoms with E-state index in [1.165, 1.54) is 6.92 Å². The third kappa shape index (κ3) is 5.04. The molecule has 86 valence electrons. The van der Waals surface area contributed by atoms with Crippen molar-refractivity contribution in [2.45, 2.75) is 25.6 Å². The summed E-state index contributed by atoms with van der Waals surface area (Å²) in [6.07, 6.45) is -5.20. The molecule has 0 saturated heterocycles. The predicted octanol–water partition coefficient (Wildman–Crippen LogP) is 1.08. The molecule has 0 saturated carbocycles. The average Bonchev–Trinajstić information content (AvgIpc) is 2.01. The van der Waals surface area contributed by atoms with Gasteiger partial charge in [-0.25, -0.2) is 4.79 Å². The van der Waals surface area contributed by atoms with Crippen molar-refractivity contribution in [3.05, 3.63) is 12.2 Å². The van der Waals surface area contributed by atoms with Crippen LogP contribution in [0.5, 0.6) is 0 Å². The molecule has 0 bridgehead atoms. The number of carbonyl (C=O) groups excluding carboxylic acids is 1. The van der Waals surface area contributed by atoms with Crippen LogP contribution in [-0.2, 0) is 9.59 Å². The van der Waals surface area contributed by atoms with Crippen molar-refractivity contribution in [3.8, 4) is 0 Å². The number of hydrogen-bond donors (Lipinski definition) is 2. The summed E-state index contributed by atoms with van der Waals surface area (Å²) in [4.78, 5) is 20.7. The minimum absolute atomic E-state index is 0.239. The molecule has 0 aromatic heterocycles. The van der Waals surface area contributed by atoms with Crippen LogP contribution in [0, 0.1) is 0 Å². The van der Waals surface area contributed by atoms with Crippen LogP contribution >= 0.6 is 0 Å². The van der Waals surface area contributed by atoms with Crippen molar-refractivity contribution in [1.82, 2.24) is 5.32 Å². The van der Waals surface area contributed by atoms with E-state index in [4.69, 9.17) is 5.11 Å². The van der Waals surface area contributed by atoms with E-state index in [2.05, 4.69) is 6.58 Å². The first-order valence-electron chi connectivity index (χ1n) is 3.93. The molecule has 0 unspecified atom stereocenters. The Morgan fingerprint density at radius 1 is 1.47 bits per heavy atom. The third-order valence-corrected chi connectivity index (χ3v) is 1.49. The highest BCUT2D eigenvalue weighted by Gasteiger charge is 2.39. The number of carboxylic acid groups (broad SMARTS) is 1. The van der Waals surface area contributed by atoms with Crippen LogP contribution in [0.4, 0.5) is 13.2 Å². The quantitative estimate of drug-likeness (QED) is 0.703. The summed E-state index contributed by atoms with van der Waals surface area (Å²) in [6, 6.07) is -0.928. The summed E-state index contributed by atoms with van der Waals surface area (Å²) in [5, 5.41) is 10.0. The van der Waals surface area contributed by atoms with Crippen molar-refractivity contribution in [2.24, 2.45) is 0 Å². The Morgan fingerprint density at radius 3 is 2.27 bits per heavy atom. The maximum absolute atomic E-state index is 11.8. The molecule has 0 radical (unpaired) electrons. The molecule has 0 aliphatic rings. The molecule has 2 N–H and O–H groups in total. The van der Waals surface area contributed by atoms with Crippen LogP contribution in [0.15, 0.2) is 12.2 Å². The fraction of sp³-hybridized carbons (Fsp3) is 0.500. The van der Waals surface area contributed by atoms with Gasteiger partial charge in [-0.2, -0.15) is 13.2 Å².